The molecule has 0 bridgehead atoms. The number of nitrogens with zero attached hydrogens (tertiary/aromatic N) is 4. The van der Waals surface area contributed by atoms with Crippen molar-refractivity contribution in [3.8, 4) is 5.82 Å². The van der Waals surface area contributed by atoms with E-state index in [1.54, 1.807) is 0 Å². The summed E-state index contributed by atoms with van der Waals surface area (Å²) in [6, 6.07) is 1.46. The van der Waals surface area contributed by atoms with Crippen molar-refractivity contribution >= 4 is 22.0 Å². The Kier molecular flexibility index (Phi) is 5.95. The molecule has 1 unspecified atom stereocenters. The van der Waals surface area contributed by atoms with Crippen LogP contribution in [-0.4, -0.2) is 62.6 Å². The Balaban J connectivity index is 1.46. The maximum Gasteiger partial charge on any atom is 0.427 e. The molecule has 0 radical (unpaired) electrons. The molecule has 2 aliphatic heterocycles. The first-order chi connectivity index (χ1) is 14.7. The van der Waals surface area contributed by atoms with Crippen LogP contribution in [0.2, 0.25) is 0 Å². The fraction of sp³-hybridized carbons (Fsp3) is 0.526. The lowest BCUT2D eigenvalue weighted by Gasteiger charge is -2.32. The lowest BCUT2D eigenvalue weighted by molar-refractivity contribution is -0.214. The Bertz CT molecular complexity index is 989. The van der Waals surface area contributed by atoms with E-state index in [0.717, 1.165) is 23.3 Å². The molecule has 1 N–H and O–H groups in total. The number of carbonyl (C=O) groups excluding carboxylic acids is 1. The summed E-state index contributed by atoms with van der Waals surface area (Å²) in [5, 5.41) is 8.84. The highest BCUT2D eigenvalue weighted by Crippen LogP contribution is 2.37. The summed E-state index contributed by atoms with van der Waals surface area (Å²) in [6.07, 6.45) is -5.07. The Morgan fingerprint density at radius 3 is 2.68 bits per heavy atom. The van der Waals surface area contributed by atoms with Crippen LogP contribution in [0.15, 0.2) is 16.9 Å². The molecule has 0 aromatic carbocycles. The van der Waals surface area contributed by atoms with Crippen molar-refractivity contribution in [2.75, 3.05) is 19.7 Å². The van der Waals surface area contributed by atoms with E-state index in [0.29, 0.717) is 36.1 Å². The Labute approximate surface area is 183 Å². The van der Waals surface area contributed by atoms with Crippen LogP contribution in [0.25, 0.3) is 5.82 Å². The van der Waals surface area contributed by atoms with Crippen molar-refractivity contribution in [3.05, 3.63) is 39.8 Å². The number of fused-ring (bicyclic) bond motifs is 3. The number of aromatic nitrogens is 3. The van der Waals surface area contributed by atoms with Crippen LogP contribution in [0.4, 0.5) is 22.4 Å². The Hall–Kier alpha value is -2.21. The van der Waals surface area contributed by atoms with Crippen molar-refractivity contribution < 1.29 is 32.2 Å². The number of likely N-dealkylation sites (tertiary alicyclic amines) is 1. The monoisotopic (exact) mass is 506 g/mol. The third kappa shape index (κ3) is 4.27. The average Bonchev–Trinajstić information content (AvgIpc) is 3.07. The summed E-state index contributed by atoms with van der Waals surface area (Å²) in [7, 11) is 0. The van der Waals surface area contributed by atoms with Crippen molar-refractivity contribution in [3.63, 3.8) is 0 Å². The minimum absolute atomic E-state index is 0.0170. The lowest BCUT2D eigenvalue weighted by atomic mass is 9.94. The highest BCUT2D eigenvalue weighted by molar-refractivity contribution is 9.10. The summed E-state index contributed by atoms with van der Waals surface area (Å²) < 4.78 is 58.7. The summed E-state index contributed by atoms with van der Waals surface area (Å²) >= 11 is 3.58. The normalized spacial score (nSPS) is 17.8. The first-order valence-electron chi connectivity index (χ1n) is 9.74. The number of carbonyl (C=O) groups is 1. The minimum atomic E-state index is -4.82. The molecule has 4 heterocycles. The molecule has 0 spiro atoms. The van der Waals surface area contributed by atoms with E-state index in [2.05, 4.69) is 25.7 Å². The summed E-state index contributed by atoms with van der Waals surface area (Å²) in [6.45, 7) is -0.916. The van der Waals surface area contributed by atoms with Gasteiger partial charge in [0.05, 0.1) is 18.5 Å². The number of hydrogen-bond donors (Lipinski definition) is 1. The van der Waals surface area contributed by atoms with Crippen molar-refractivity contribution in [2.24, 2.45) is 0 Å². The largest absolute Gasteiger partial charge is 0.434 e. The predicted molar refractivity (Wildman–Crippen MR) is 103 cm³/mol. The molecule has 1 amide bonds. The minimum Gasteiger partial charge on any atom is -0.434 e. The molecule has 0 aliphatic carbocycles. The molecular weight excluding hydrogens is 488 g/mol. The van der Waals surface area contributed by atoms with Gasteiger partial charge in [-0.2, -0.15) is 13.2 Å². The smallest absolute Gasteiger partial charge is 0.427 e. The first-order valence-corrected chi connectivity index (χ1v) is 10.5. The van der Waals surface area contributed by atoms with E-state index >= 15 is 0 Å². The highest BCUT2D eigenvalue weighted by atomic mass is 79.9. The zero-order valence-electron chi connectivity index (χ0n) is 16.2. The molecule has 1 fully saturated rings. The molecule has 7 nitrogen and oxygen atoms in total. The number of aryl methyl sites for hydroxylation is 2. The van der Waals surface area contributed by atoms with Crippen LogP contribution in [0.5, 0.6) is 0 Å². The number of amides is 1. The van der Waals surface area contributed by atoms with Gasteiger partial charge in [-0.25, -0.2) is 19.2 Å². The number of ether oxygens (including phenoxy) is 1. The summed E-state index contributed by atoms with van der Waals surface area (Å²) in [5.41, 5.74) is 1.57. The van der Waals surface area contributed by atoms with Crippen LogP contribution in [0.3, 0.4) is 0 Å². The van der Waals surface area contributed by atoms with Gasteiger partial charge in [-0.05, 0) is 46.8 Å². The third-order valence-electron chi connectivity index (χ3n) is 5.57. The van der Waals surface area contributed by atoms with Crippen LogP contribution >= 0.6 is 15.9 Å². The molecule has 168 valence electrons. The molecule has 2 aromatic rings. The van der Waals surface area contributed by atoms with Crippen molar-refractivity contribution in [2.45, 2.75) is 43.9 Å². The topological polar surface area (TPSA) is 80.5 Å². The number of alkyl halides is 3. The number of aliphatic hydroxyl groups excluding tert-OH is 1. The standard InChI is InChI=1S/C19H19BrF4N4O3/c20-16-15(26-14-2-1-11-7-12(21)8-25-17(11)28(14)16)10-3-5-27(6-4-10)18(30)31-13(9-29)19(22,23)24/h7-8,10,13,29H,1-6,9H2. The van der Waals surface area contributed by atoms with Gasteiger partial charge < -0.3 is 14.7 Å². The van der Waals surface area contributed by atoms with Crippen molar-refractivity contribution in [1.82, 2.24) is 19.4 Å². The maximum absolute atomic E-state index is 13.5. The second-order valence-electron chi connectivity index (χ2n) is 7.53. The number of aliphatic hydroxyl groups is 1. The van der Waals surface area contributed by atoms with Gasteiger partial charge in [0.1, 0.15) is 22.1 Å². The van der Waals surface area contributed by atoms with Gasteiger partial charge in [-0.1, -0.05) is 0 Å². The fourth-order valence-corrected chi connectivity index (χ4v) is 4.74. The van der Waals surface area contributed by atoms with E-state index in [-0.39, 0.29) is 19.0 Å². The van der Waals surface area contributed by atoms with Crippen LogP contribution in [0, 0.1) is 5.82 Å². The van der Waals surface area contributed by atoms with Gasteiger partial charge in [-0.3, -0.25) is 4.57 Å². The zero-order valence-corrected chi connectivity index (χ0v) is 17.8. The Morgan fingerprint density at radius 2 is 2.03 bits per heavy atom. The van der Waals surface area contributed by atoms with Gasteiger partial charge in [0, 0.05) is 25.4 Å². The second kappa shape index (κ2) is 8.38. The molecule has 1 saturated heterocycles. The summed E-state index contributed by atoms with van der Waals surface area (Å²) in [4.78, 5) is 22.2. The molecule has 31 heavy (non-hydrogen) atoms. The molecule has 12 heteroatoms. The zero-order chi connectivity index (χ0) is 22.3. The number of rotatable bonds is 3. The molecular formula is C19H19BrF4N4O3. The first kappa shape index (κ1) is 22.0. The van der Waals surface area contributed by atoms with Gasteiger partial charge in [0.2, 0.25) is 6.10 Å². The van der Waals surface area contributed by atoms with E-state index in [4.69, 9.17) is 10.1 Å². The van der Waals surface area contributed by atoms with Gasteiger partial charge in [0.25, 0.3) is 0 Å². The number of halogens is 5. The molecule has 1 atom stereocenters. The third-order valence-corrected chi connectivity index (χ3v) is 6.33. The number of pyridine rings is 1. The highest BCUT2D eigenvalue weighted by Gasteiger charge is 2.43. The second-order valence-corrected chi connectivity index (χ2v) is 8.28. The molecule has 2 aromatic heterocycles. The van der Waals surface area contributed by atoms with Gasteiger partial charge >= 0.3 is 12.3 Å². The Morgan fingerprint density at radius 1 is 1.32 bits per heavy atom. The molecule has 2 aliphatic rings. The predicted octanol–water partition coefficient (Wildman–Crippen LogP) is 3.51. The quantitative estimate of drug-likeness (QED) is 0.644. The SMILES string of the molecule is O=C(OC(CO)C(F)(F)F)N1CCC(c2nc3n(c2Br)-c2ncc(F)cc2CC3)CC1. The van der Waals surface area contributed by atoms with Crippen molar-refractivity contribution in [1.29, 1.82) is 0 Å². The van der Waals surface area contributed by atoms with Crippen LogP contribution in [0.1, 0.15) is 35.8 Å². The molecule has 4 rings (SSSR count). The van der Waals surface area contributed by atoms with Gasteiger partial charge in [0.15, 0.2) is 0 Å². The number of imidazole rings is 1. The summed E-state index contributed by atoms with van der Waals surface area (Å²) in [5.74, 6) is 1.01. The van der Waals surface area contributed by atoms with Gasteiger partial charge in [-0.15, -0.1) is 0 Å². The van der Waals surface area contributed by atoms with Crippen LogP contribution < -0.4 is 0 Å². The van der Waals surface area contributed by atoms with E-state index in [1.165, 1.54) is 11.0 Å². The van der Waals surface area contributed by atoms with Crippen LogP contribution in [-0.2, 0) is 17.6 Å². The van der Waals surface area contributed by atoms with E-state index < -0.39 is 30.8 Å². The fourth-order valence-electron chi connectivity index (χ4n) is 3.95. The number of piperidine rings is 1. The maximum atomic E-state index is 13.5. The molecule has 0 saturated carbocycles. The number of hydrogen-bond acceptors (Lipinski definition) is 5. The lowest BCUT2D eigenvalue weighted by Crippen LogP contribution is -2.44. The average molecular weight is 507 g/mol. The van der Waals surface area contributed by atoms with E-state index in [9.17, 15) is 22.4 Å². The van der Waals surface area contributed by atoms with E-state index in [1.807, 2.05) is 4.57 Å².